The minimum absolute atomic E-state index is 0.339. The molecule has 9 heteroatoms. The van der Waals surface area contributed by atoms with Crippen molar-refractivity contribution in [3.8, 4) is 33.0 Å². The number of nitrogens with two attached hydrogens (primary N) is 1. The average Bonchev–Trinajstić information content (AvgIpc) is 3.51. The number of nitrogens with one attached hydrogen (secondary N) is 1. The largest absolute Gasteiger partial charge is 0.326 e. The summed E-state index contributed by atoms with van der Waals surface area (Å²) in [6, 6.07) is 15.5. The predicted molar refractivity (Wildman–Crippen MR) is 123 cm³/mol. The molecule has 0 atom stereocenters. The Bertz CT molecular complexity index is 1490. The third-order valence-electron chi connectivity index (χ3n) is 5.13. The van der Waals surface area contributed by atoms with Gasteiger partial charge in [0.25, 0.3) is 0 Å². The fraction of sp³-hybridized carbons (Fsp3) is 0.0909. The zero-order valence-corrected chi connectivity index (χ0v) is 18.2. The van der Waals surface area contributed by atoms with E-state index in [0.29, 0.717) is 10.8 Å². The molecule has 0 saturated carbocycles. The molecule has 0 fully saturated rings. The summed E-state index contributed by atoms with van der Waals surface area (Å²) in [5, 5.41) is 7.35. The van der Waals surface area contributed by atoms with Crippen LogP contribution in [-0.4, -0.2) is 34.3 Å². The maximum Gasteiger partial charge on any atom is 0.184 e. The number of thiophene rings is 1. The van der Waals surface area contributed by atoms with E-state index >= 15 is 0 Å². The molecule has 156 valence electrons. The average molecular weight is 450 g/mol. The van der Waals surface area contributed by atoms with E-state index < -0.39 is 9.84 Å². The predicted octanol–water partition coefficient (Wildman–Crippen LogP) is 3.98. The van der Waals surface area contributed by atoms with Crippen molar-refractivity contribution in [2.24, 2.45) is 5.73 Å². The highest BCUT2D eigenvalue weighted by Gasteiger charge is 2.16. The molecule has 0 saturated heterocycles. The number of pyridine rings is 1. The SMILES string of the molecule is CS(=O)(=O)c1ccc(-c2cnc3ccc(-c4cn[nH]c4-c4ccc(CN)cc4)cn23)s1. The summed E-state index contributed by atoms with van der Waals surface area (Å²) < 4.78 is 26.1. The van der Waals surface area contributed by atoms with Gasteiger partial charge >= 0.3 is 0 Å². The lowest BCUT2D eigenvalue weighted by molar-refractivity contribution is 0.604. The fourth-order valence-electron chi connectivity index (χ4n) is 3.51. The summed E-state index contributed by atoms with van der Waals surface area (Å²) in [7, 11) is -3.24. The molecule has 3 N–H and O–H groups in total. The van der Waals surface area contributed by atoms with Crippen LogP contribution in [0, 0.1) is 0 Å². The van der Waals surface area contributed by atoms with Crippen LogP contribution < -0.4 is 5.73 Å². The molecule has 1 aromatic carbocycles. The zero-order valence-electron chi connectivity index (χ0n) is 16.6. The first-order valence-corrected chi connectivity index (χ1v) is 12.3. The first-order chi connectivity index (χ1) is 14.9. The van der Waals surface area contributed by atoms with Gasteiger partial charge in [-0.25, -0.2) is 13.4 Å². The monoisotopic (exact) mass is 449 g/mol. The zero-order chi connectivity index (χ0) is 21.6. The van der Waals surface area contributed by atoms with Gasteiger partial charge in [-0.05, 0) is 29.8 Å². The molecule has 0 aliphatic heterocycles. The highest BCUT2D eigenvalue weighted by molar-refractivity contribution is 7.92. The third-order valence-corrected chi connectivity index (χ3v) is 8.06. The van der Waals surface area contributed by atoms with Gasteiger partial charge in [-0.1, -0.05) is 24.3 Å². The molecule has 5 rings (SSSR count). The van der Waals surface area contributed by atoms with Gasteiger partial charge in [0.2, 0.25) is 0 Å². The maximum absolute atomic E-state index is 11.9. The number of aromatic amines is 1. The van der Waals surface area contributed by atoms with E-state index in [2.05, 4.69) is 15.2 Å². The molecular weight excluding hydrogens is 430 g/mol. The molecule has 4 aromatic heterocycles. The number of sulfone groups is 1. The second kappa shape index (κ2) is 7.45. The Morgan fingerprint density at radius 3 is 2.52 bits per heavy atom. The van der Waals surface area contributed by atoms with Crippen molar-refractivity contribution in [3.05, 3.63) is 72.7 Å². The van der Waals surface area contributed by atoms with Crippen molar-refractivity contribution in [2.75, 3.05) is 6.26 Å². The molecule has 0 unspecified atom stereocenters. The van der Waals surface area contributed by atoms with Gasteiger partial charge in [0.1, 0.15) is 9.86 Å². The van der Waals surface area contributed by atoms with Crippen LogP contribution in [0.1, 0.15) is 5.56 Å². The number of imidazole rings is 1. The smallest absolute Gasteiger partial charge is 0.184 e. The van der Waals surface area contributed by atoms with Crippen molar-refractivity contribution < 1.29 is 8.42 Å². The van der Waals surface area contributed by atoms with Crippen LogP contribution in [0.3, 0.4) is 0 Å². The van der Waals surface area contributed by atoms with Gasteiger partial charge < -0.3 is 5.73 Å². The van der Waals surface area contributed by atoms with E-state index in [1.165, 1.54) is 17.6 Å². The standard InChI is InChI=1S/C22H19N5O2S2/c1-31(28,29)21-9-7-19(30-21)18-12-24-20-8-6-16(13-27(18)20)17-11-25-26-22(17)15-4-2-14(10-23)3-5-15/h2-9,11-13H,10,23H2,1H3,(H,25,26). The number of nitrogens with zero attached hydrogens (tertiary/aromatic N) is 3. The molecule has 0 aliphatic rings. The van der Waals surface area contributed by atoms with E-state index in [0.717, 1.165) is 44.2 Å². The first-order valence-electron chi connectivity index (χ1n) is 9.54. The minimum Gasteiger partial charge on any atom is -0.326 e. The minimum atomic E-state index is -3.24. The van der Waals surface area contributed by atoms with Crippen LogP contribution in [0.25, 0.3) is 38.6 Å². The summed E-state index contributed by atoms with van der Waals surface area (Å²) in [5.74, 6) is 0. The first kappa shape index (κ1) is 19.7. The Morgan fingerprint density at radius 1 is 1.03 bits per heavy atom. The molecule has 0 aliphatic carbocycles. The van der Waals surface area contributed by atoms with Crippen molar-refractivity contribution in [2.45, 2.75) is 10.8 Å². The van der Waals surface area contributed by atoms with Crippen molar-refractivity contribution in [3.63, 3.8) is 0 Å². The summed E-state index contributed by atoms with van der Waals surface area (Å²) in [6.45, 7) is 0.500. The van der Waals surface area contributed by atoms with Crippen LogP contribution in [0.2, 0.25) is 0 Å². The van der Waals surface area contributed by atoms with Crippen molar-refractivity contribution >= 4 is 26.8 Å². The van der Waals surface area contributed by atoms with E-state index in [1.54, 1.807) is 18.5 Å². The summed E-state index contributed by atoms with van der Waals surface area (Å²) in [5.41, 5.74) is 12.3. The van der Waals surface area contributed by atoms with Crippen LogP contribution >= 0.6 is 11.3 Å². The molecule has 0 spiro atoms. The summed E-state index contributed by atoms with van der Waals surface area (Å²) >= 11 is 1.24. The molecular formula is C22H19N5O2S2. The van der Waals surface area contributed by atoms with Crippen LogP contribution in [0.15, 0.2) is 71.3 Å². The van der Waals surface area contributed by atoms with Crippen LogP contribution in [0.4, 0.5) is 0 Å². The van der Waals surface area contributed by atoms with E-state index in [-0.39, 0.29) is 0 Å². The fourth-order valence-corrected chi connectivity index (χ4v) is 5.45. The topological polar surface area (TPSA) is 106 Å². The number of fused-ring (bicyclic) bond motifs is 1. The lowest BCUT2D eigenvalue weighted by Gasteiger charge is -2.07. The number of benzene rings is 1. The van der Waals surface area contributed by atoms with Gasteiger partial charge in [0.05, 0.1) is 28.7 Å². The highest BCUT2D eigenvalue weighted by Crippen LogP contribution is 2.34. The molecule has 31 heavy (non-hydrogen) atoms. The molecule has 7 nitrogen and oxygen atoms in total. The third kappa shape index (κ3) is 3.56. The Kier molecular flexibility index (Phi) is 4.73. The number of rotatable bonds is 5. The van der Waals surface area contributed by atoms with Gasteiger partial charge in [0, 0.05) is 35.7 Å². The van der Waals surface area contributed by atoms with Gasteiger partial charge in [-0.3, -0.25) is 9.50 Å². The Balaban J connectivity index is 1.59. The molecule has 5 aromatic rings. The van der Waals surface area contributed by atoms with Gasteiger partial charge in [0.15, 0.2) is 9.84 Å². The van der Waals surface area contributed by atoms with Crippen molar-refractivity contribution in [1.82, 2.24) is 19.6 Å². The normalized spacial score (nSPS) is 11.9. The van der Waals surface area contributed by atoms with Gasteiger partial charge in [-0.15, -0.1) is 11.3 Å². The van der Waals surface area contributed by atoms with E-state index in [1.807, 2.05) is 53.1 Å². The lowest BCUT2D eigenvalue weighted by atomic mass is 10.0. The van der Waals surface area contributed by atoms with Crippen LogP contribution in [-0.2, 0) is 16.4 Å². The Labute approximate surface area is 183 Å². The Hall–Kier alpha value is -3.27. The van der Waals surface area contributed by atoms with E-state index in [4.69, 9.17) is 5.73 Å². The second-order valence-corrected chi connectivity index (χ2v) is 10.6. The molecule has 0 radical (unpaired) electrons. The van der Waals surface area contributed by atoms with Crippen LogP contribution in [0.5, 0.6) is 0 Å². The molecule has 0 bridgehead atoms. The van der Waals surface area contributed by atoms with E-state index in [9.17, 15) is 8.42 Å². The highest BCUT2D eigenvalue weighted by atomic mass is 32.2. The van der Waals surface area contributed by atoms with Gasteiger partial charge in [-0.2, -0.15) is 5.10 Å². The van der Waals surface area contributed by atoms with Crippen molar-refractivity contribution in [1.29, 1.82) is 0 Å². The number of aromatic nitrogens is 4. The maximum atomic E-state index is 11.9. The molecule has 0 amide bonds. The number of H-pyrrole nitrogens is 1. The lowest BCUT2D eigenvalue weighted by Crippen LogP contribution is -1.95. The summed E-state index contributed by atoms with van der Waals surface area (Å²) in [4.78, 5) is 5.32. The second-order valence-electron chi connectivity index (χ2n) is 7.24. The number of hydrogen-bond donors (Lipinski definition) is 2. The number of hydrogen-bond acceptors (Lipinski definition) is 6. The summed E-state index contributed by atoms with van der Waals surface area (Å²) in [6.07, 6.45) is 6.78. The quantitative estimate of drug-likeness (QED) is 0.422. The Morgan fingerprint density at radius 2 is 1.81 bits per heavy atom. The molecule has 4 heterocycles.